The molecule has 5 rings (SSSR count). The predicted molar refractivity (Wildman–Crippen MR) is 160 cm³/mol. The molecule has 4 aromatic rings. The van der Waals surface area contributed by atoms with E-state index in [-0.39, 0.29) is 23.3 Å². The second-order valence-electron chi connectivity index (χ2n) is 9.68. The van der Waals surface area contributed by atoms with Gasteiger partial charge in [-0.05, 0) is 75.2 Å². The van der Waals surface area contributed by atoms with E-state index in [1.165, 1.54) is 22.0 Å². The molecule has 0 radical (unpaired) electrons. The van der Waals surface area contributed by atoms with Gasteiger partial charge in [-0.25, -0.2) is 14.6 Å². The second kappa shape index (κ2) is 12.1. The highest BCUT2D eigenvalue weighted by atomic mass is 32.1. The van der Waals surface area contributed by atoms with Crippen LogP contribution in [0.5, 0.6) is 11.5 Å². The number of benzene rings is 2. The number of nitrogens with zero attached hydrogens (tertiary/aromatic N) is 2. The van der Waals surface area contributed by atoms with Crippen LogP contribution in [-0.4, -0.2) is 41.9 Å². The quantitative estimate of drug-likeness (QED) is 0.278. The van der Waals surface area contributed by atoms with Crippen LogP contribution < -0.4 is 24.4 Å². The van der Waals surface area contributed by atoms with Gasteiger partial charge in [0.1, 0.15) is 11.5 Å². The minimum atomic E-state index is -1.04. The first-order valence-corrected chi connectivity index (χ1v) is 14.4. The van der Waals surface area contributed by atoms with Crippen molar-refractivity contribution in [2.75, 3.05) is 20.3 Å². The number of methoxy groups -OCH3 is 1. The highest BCUT2D eigenvalue weighted by molar-refractivity contribution is 7.07. The van der Waals surface area contributed by atoms with Crippen molar-refractivity contribution in [1.82, 2.24) is 4.57 Å². The number of hydrogen-bond acceptors (Lipinski definition) is 9. The lowest BCUT2D eigenvalue weighted by atomic mass is 9.95. The smallest absolute Gasteiger partial charge is 0.338 e. The van der Waals surface area contributed by atoms with Gasteiger partial charge in [0.2, 0.25) is 0 Å². The molecule has 10 nitrogen and oxygen atoms in total. The van der Waals surface area contributed by atoms with Gasteiger partial charge >= 0.3 is 11.9 Å². The summed E-state index contributed by atoms with van der Waals surface area (Å²) in [6, 6.07) is 12.7. The molecule has 3 heterocycles. The molecule has 0 spiro atoms. The minimum absolute atomic E-state index is 0.144. The van der Waals surface area contributed by atoms with E-state index < -0.39 is 18.0 Å². The molecule has 2 aromatic heterocycles. The van der Waals surface area contributed by atoms with Crippen LogP contribution in [0, 0.1) is 6.92 Å². The highest BCUT2D eigenvalue weighted by Gasteiger charge is 2.34. The summed E-state index contributed by atoms with van der Waals surface area (Å²) in [5.41, 5.74) is 2.59. The SMILES string of the molecule is CCOC(=O)C1=C(C)N=c2sc(=Cc3ccc(-c4cc(C(=O)O)ccc4C)o3)c(=O)n2C1c1ccc(OC)c(OCC)c1. The van der Waals surface area contributed by atoms with Crippen molar-refractivity contribution in [2.45, 2.75) is 33.7 Å². The number of aromatic nitrogens is 1. The maximum atomic E-state index is 14.0. The number of aromatic carboxylic acids is 1. The Morgan fingerprint density at radius 3 is 2.56 bits per heavy atom. The normalized spacial score (nSPS) is 14.7. The first-order valence-electron chi connectivity index (χ1n) is 13.6. The van der Waals surface area contributed by atoms with Crippen LogP contribution >= 0.6 is 11.3 Å². The number of thiazole rings is 1. The number of furan rings is 1. The molecule has 1 aliphatic heterocycles. The predicted octanol–water partition coefficient (Wildman–Crippen LogP) is 4.47. The Morgan fingerprint density at radius 1 is 1.07 bits per heavy atom. The van der Waals surface area contributed by atoms with E-state index in [0.29, 0.717) is 55.8 Å². The fourth-order valence-electron chi connectivity index (χ4n) is 4.96. The summed E-state index contributed by atoms with van der Waals surface area (Å²) >= 11 is 1.17. The van der Waals surface area contributed by atoms with Gasteiger partial charge in [-0.3, -0.25) is 9.36 Å². The molecule has 0 bridgehead atoms. The summed E-state index contributed by atoms with van der Waals surface area (Å²) in [5.74, 6) is 0.279. The number of carbonyl (C=O) groups is 2. The highest BCUT2D eigenvalue weighted by Crippen LogP contribution is 2.36. The Kier molecular flexibility index (Phi) is 8.36. The van der Waals surface area contributed by atoms with E-state index in [0.717, 1.165) is 5.56 Å². The van der Waals surface area contributed by atoms with E-state index in [1.54, 1.807) is 69.5 Å². The van der Waals surface area contributed by atoms with E-state index in [4.69, 9.17) is 18.6 Å². The van der Waals surface area contributed by atoms with Gasteiger partial charge < -0.3 is 23.7 Å². The van der Waals surface area contributed by atoms with Crippen LogP contribution in [0.1, 0.15) is 54.1 Å². The zero-order valence-corrected chi connectivity index (χ0v) is 25.1. The Balaban J connectivity index is 1.65. The molecule has 0 aliphatic carbocycles. The molecule has 1 N–H and O–H groups in total. The van der Waals surface area contributed by atoms with Crippen molar-refractivity contribution in [2.24, 2.45) is 4.99 Å². The standard InChI is InChI=1S/C32H30N2O8S/c1-6-40-25-15-19(10-12-24(25)39-5)28-27(31(38)41-7-2)18(4)33-32-34(28)29(35)26(43-32)16-21-11-13-23(42-21)22-14-20(30(36)37)9-8-17(22)3/h8-16,28H,6-7H2,1-5H3,(H,36,37). The van der Waals surface area contributed by atoms with Crippen LogP contribution in [0.4, 0.5) is 0 Å². The third-order valence-corrected chi connectivity index (χ3v) is 7.95. The molecule has 1 aliphatic rings. The van der Waals surface area contributed by atoms with Crippen LogP contribution in [0.25, 0.3) is 17.4 Å². The topological polar surface area (TPSA) is 130 Å². The molecule has 2 aromatic carbocycles. The zero-order valence-electron chi connectivity index (χ0n) is 24.3. The monoisotopic (exact) mass is 602 g/mol. The van der Waals surface area contributed by atoms with Crippen molar-refractivity contribution >= 4 is 29.4 Å². The molecular formula is C32H30N2O8S. The van der Waals surface area contributed by atoms with Gasteiger partial charge in [-0.2, -0.15) is 0 Å². The molecule has 43 heavy (non-hydrogen) atoms. The average molecular weight is 603 g/mol. The maximum Gasteiger partial charge on any atom is 0.338 e. The Labute approximate surface area is 250 Å². The average Bonchev–Trinajstić information content (AvgIpc) is 3.56. The molecule has 1 unspecified atom stereocenters. The van der Waals surface area contributed by atoms with Crippen molar-refractivity contribution in [3.63, 3.8) is 0 Å². The van der Waals surface area contributed by atoms with Crippen LogP contribution in [0.2, 0.25) is 0 Å². The molecule has 11 heteroatoms. The zero-order chi connectivity index (χ0) is 30.8. The fraction of sp³-hybridized carbons (Fsp3) is 0.250. The van der Waals surface area contributed by atoms with Crippen LogP contribution in [0.15, 0.2) is 74.0 Å². The van der Waals surface area contributed by atoms with E-state index in [2.05, 4.69) is 4.99 Å². The third kappa shape index (κ3) is 5.63. The van der Waals surface area contributed by atoms with E-state index >= 15 is 0 Å². The first kappa shape index (κ1) is 29.6. The molecule has 0 fully saturated rings. The van der Waals surface area contributed by atoms with E-state index in [1.807, 2.05) is 13.8 Å². The van der Waals surface area contributed by atoms with Gasteiger partial charge in [-0.1, -0.05) is 23.5 Å². The van der Waals surface area contributed by atoms with Crippen LogP contribution in [-0.2, 0) is 9.53 Å². The van der Waals surface area contributed by atoms with Gasteiger partial charge in [0.25, 0.3) is 5.56 Å². The number of rotatable bonds is 9. The summed E-state index contributed by atoms with van der Waals surface area (Å²) in [7, 11) is 1.54. The Bertz CT molecular complexity index is 1950. The summed E-state index contributed by atoms with van der Waals surface area (Å²) in [6.45, 7) is 7.71. The lowest BCUT2D eigenvalue weighted by Crippen LogP contribution is -2.39. The number of allylic oxidation sites excluding steroid dienone is 1. The fourth-order valence-corrected chi connectivity index (χ4v) is 5.99. The van der Waals surface area contributed by atoms with Crippen molar-refractivity contribution in [1.29, 1.82) is 0 Å². The molecular weight excluding hydrogens is 572 g/mol. The maximum absolute atomic E-state index is 14.0. The summed E-state index contributed by atoms with van der Waals surface area (Å²) in [4.78, 5) is 43.7. The molecule has 222 valence electrons. The number of esters is 1. The number of carboxylic acids is 1. The van der Waals surface area contributed by atoms with Gasteiger partial charge in [0.15, 0.2) is 16.3 Å². The summed E-state index contributed by atoms with van der Waals surface area (Å²) < 4.78 is 24.5. The van der Waals surface area contributed by atoms with Crippen LogP contribution in [0.3, 0.4) is 0 Å². The van der Waals surface area contributed by atoms with Gasteiger partial charge in [0.05, 0.1) is 47.7 Å². The lowest BCUT2D eigenvalue weighted by Gasteiger charge is -2.25. The molecule has 1 atom stereocenters. The third-order valence-electron chi connectivity index (χ3n) is 6.97. The lowest BCUT2D eigenvalue weighted by molar-refractivity contribution is -0.139. The van der Waals surface area contributed by atoms with Gasteiger partial charge in [-0.15, -0.1) is 0 Å². The van der Waals surface area contributed by atoms with Gasteiger partial charge in [0, 0.05) is 11.6 Å². The Hall–Kier alpha value is -4.90. The number of carbonyl (C=O) groups excluding carboxylic acids is 1. The Morgan fingerprint density at radius 2 is 1.86 bits per heavy atom. The molecule has 0 saturated carbocycles. The molecule has 0 amide bonds. The number of carboxylic acid groups (broad SMARTS) is 1. The number of hydrogen-bond donors (Lipinski definition) is 1. The van der Waals surface area contributed by atoms with Crippen molar-refractivity contribution in [3.05, 3.63) is 102 Å². The first-order chi connectivity index (χ1) is 20.7. The number of aryl methyl sites for hydroxylation is 1. The second-order valence-corrected chi connectivity index (χ2v) is 10.7. The molecule has 0 saturated heterocycles. The number of ether oxygens (including phenoxy) is 3. The van der Waals surface area contributed by atoms with Crippen molar-refractivity contribution < 1.29 is 33.3 Å². The summed E-state index contributed by atoms with van der Waals surface area (Å²) in [5, 5.41) is 9.40. The minimum Gasteiger partial charge on any atom is -0.493 e. The van der Waals surface area contributed by atoms with Crippen molar-refractivity contribution in [3.8, 4) is 22.8 Å². The van der Waals surface area contributed by atoms with E-state index in [9.17, 15) is 19.5 Å². The summed E-state index contributed by atoms with van der Waals surface area (Å²) in [6.07, 6.45) is 1.61. The largest absolute Gasteiger partial charge is 0.493 e. The number of fused-ring (bicyclic) bond motifs is 1.